The zero-order valence-corrected chi connectivity index (χ0v) is 22.4. The maximum Gasteiger partial charge on any atom is 0.328 e. The van der Waals surface area contributed by atoms with Gasteiger partial charge in [0, 0.05) is 38.3 Å². The van der Waals surface area contributed by atoms with Crippen LogP contribution < -0.4 is 0 Å². The highest BCUT2D eigenvalue weighted by Crippen LogP contribution is 2.41. The molecule has 3 heterocycles. The summed E-state index contributed by atoms with van der Waals surface area (Å²) in [6.45, 7) is 6.68. The van der Waals surface area contributed by atoms with Crippen LogP contribution in [0.2, 0.25) is 0 Å². The molecule has 1 saturated heterocycles. The molecule has 14 nitrogen and oxygen atoms in total. The van der Waals surface area contributed by atoms with Gasteiger partial charge < -0.3 is 9.63 Å². The number of amidine groups is 1. The Balaban J connectivity index is 1.79. The zero-order valence-electron chi connectivity index (χ0n) is 22.4. The summed E-state index contributed by atoms with van der Waals surface area (Å²) in [5, 5.41) is 28.4. The highest BCUT2D eigenvalue weighted by molar-refractivity contribution is 6.05. The summed E-state index contributed by atoms with van der Waals surface area (Å²) in [5.41, 5.74) is -0.575. The summed E-state index contributed by atoms with van der Waals surface area (Å²) in [6, 6.07) is 4.98. The van der Waals surface area contributed by atoms with Crippen molar-refractivity contribution in [2.45, 2.75) is 58.2 Å². The number of non-ortho nitro benzene ring substituents is 1. The fourth-order valence-corrected chi connectivity index (χ4v) is 5.38. The van der Waals surface area contributed by atoms with Gasteiger partial charge >= 0.3 is 6.03 Å². The molecule has 2 unspecified atom stereocenters. The Kier molecular flexibility index (Phi) is 8.55. The van der Waals surface area contributed by atoms with Crippen molar-refractivity contribution in [3.05, 3.63) is 52.2 Å². The largest absolute Gasteiger partial charge is 0.395 e. The normalized spacial score (nSPS) is 21.1. The van der Waals surface area contributed by atoms with E-state index < -0.39 is 22.7 Å². The predicted molar refractivity (Wildman–Crippen MR) is 139 cm³/mol. The van der Waals surface area contributed by atoms with Crippen molar-refractivity contribution in [2.24, 2.45) is 4.99 Å². The molecule has 1 N–H and O–H groups in total. The number of nitro benzene ring substituents is 1. The van der Waals surface area contributed by atoms with Gasteiger partial charge in [-0.2, -0.15) is 4.98 Å². The second-order valence-electron chi connectivity index (χ2n) is 9.39. The molecule has 1 aromatic carbocycles. The average molecular weight is 543 g/mol. The summed E-state index contributed by atoms with van der Waals surface area (Å²) < 4.78 is 5.24. The number of hydrogen-bond acceptors (Lipinski definition) is 11. The van der Waals surface area contributed by atoms with E-state index >= 15 is 0 Å². The van der Waals surface area contributed by atoms with Crippen LogP contribution in [0.4, 0.5) is 10.5 Å². The van der Waals surface area contributed by atoms with Gasteiger partial charge in [-0.3, -0.25) is 29.7 Å². The second kappa shape index (κ2) is 11.9. The van der Waals surface area contributed by atoms with Crippen LogP contribution in [0.25, 0.3) is 0 Å². The van der Waals surface area contributed by atoms with Gasteiger partial charge in [-0.15, -0.1) is 0 Å². The molecule has 0 radical (unpaired) electrons. The number of carbonyl (C=O) groups is 2. The fourth-order valence-electron chi connectivity index (χ4n) is 5.38. The predicted octanol–water partition coefficient (Wildman–Crippen LogP) is 1.86. The number of benzene rings is 1. The van der Waals surface area contributed by atoms with E-state index in [1.54, 1.807) is 22.0 Å². The third kappa shape index (κ3) is 5.21. The molecule has 1 aromatic heterocycles. The van der Waals surface area contributed by atoms with Crippen molar-refractivity contribution in [2.75, 3.05) is 32.8 Å². The Bertz CT molecular complexity index is 1220. The number of imide groups is 1. The maximum absolute atomic E-state index is 14.0. The second-order valence-corrected chi connectivity index (χ2v) is 9.39. The standard InChI is InChI=1S/C25H34N8O6/c1-4-11-30-23(35)22-25(5-2,31(24(30)36)12-10-18-8-7-9-19(15-18)33(37)38)28-20(16-21-26-17-27-39-21)32(22)29(6-3)13-14-34/h7-9,15,17,22,34H,4-6,10-14,16H2,1-3H3. The molecule has 2 aromatic rings. The molecule has 210 valence electrons. The van der Waals surface area contributed by atoms with Gasteiger partial charge in [0.25, 0.3) is 11.6 Å². The van der Waals surface area contributed by atoms with Crippen LogP contribution in [0.15, 0.2) is 40.1 Å². The van der Waals surface area contributed by atoms with Crippen LogP contribution in [0.3, 0.4) is 0 Å². The molecule has 0 spiro atoms. The van der Waals surface area contributed by atoms with Crippen molar-refractivity contribution >= 4 is 23.5 Å². The number of rotatable bonds is 13. The molecule has 3 amide bonds. The first-order valence-electron chi connectivity index (χ1n) is 13.2. The molecule has 39 heavy (non-hydrogen) atoms. The molecule has 0 aliphatic carbocycles. The Labute approximate surface area is 226 Å². The van der Waals surface area contributed by atoms with Crippen molar-refractivity contribution in [3.8, 4) is 0 Å². The Morgan fingerprint density at radius 1 is 1.23 bits per heavy atom. The molecule has 0 saturated carbocycles. The number of likely N-dealkylation sites (N-methyl/N-ethyl adjacent to an activating group) is 1. The van der Waals surface area contributed by atoms with Crippen molar-refractivity contribution in [1.82, 2.24) is 30.0 Å². The number of aliphatic hydroxyl groups excluding tert-OH is 1. The number of aliphatic imine (C=N–C) groups is 1. The van der Waals surface area contributed by atoms with E-state index in [0.29, 0.717) is 43.1 Å². The van der Waals surface area contributed by atoms with Gasteiger partial charge in [0.05, 0.1) is 18.0 Å². The molecule has 0 bridgehead atoms. The minimum absolute atomic E-state index is 0.0298. The number of hydrogen-bond donors (Lipinski definition) is 1. The van der Waals surface area contributed by atoms with Crippen LogP contribution in [0, 0.1) is 10.1 Å². The zero-order chi connectivity index (χ0) is 28.2. The number of urea groups is 1. The van der Waals surface area contributed by atoms with Crippen molar-refractivity contribution in [1.29, 1.82) is 0 Å². The van der Waals surface area contributed by atoms with E-state index in [0.717, 1.165) is 0 Å². The highest BCUT2D eigenvalue weighted by Gasteiger charge is 2.63. The fraction of sp³-hybridized carbons (Fsp3) is 0.560. The van der Waals surface area contributed by atoms with Gasteiger partial charge in [0.2, 0.25) is 5.89 Å². The molecule has 4 rings (SSSR count). The molecule has 2 aliphatic heterocycles. The van der Waals surface area contributed by atoms with E-state index in [1.165, 1.54) is 23.4 Å². The van der Waals surface area contributed by atoms with Gasteiger partial charge in [-0.1, -0.05) is 38.1 Å². The molecular formula is C25H34N8O6. The van der Waals surface area contributed by atoms with Crippen molar-refractivity contribution in [3.63, 3.8) is 0 Å². The number of amides is 3. The van der Waals surface area contributed by atoms with Gasteiger partial charge in [0.1, 0.15) is 5.84 Å². The number of fused-ring (bicyclic) bond motifs is 1. The first kappa shape index (κ1) is 28.1. The topological polar surface area (TPSA) is 162 Å². The number of nitrogens with zero attached hydrogens (tertiary/aromatic N) is 8. The Hall–Kier alpha value is -3.91. The summed E-state index contributed by atoms with van der Waals surface area (Å²) in [6.07, 6.45) is 2.66. The lowest BCUT2D eigenvalue weighted by molar-refractivity contribution is -0.384. The van der Waals surface area contributed by atoms with Gasteiger partial charge in [-0.05, 0) is 24.8 Å². The van der Waals surface area contributed by atoms with Crippen LogP contribution in [0.5, 0.6) is 0 Å². The molecule has 14 heteroatoms. The van der Waals surface area contributed by atoms with E-state index in [-0.39, 0.29) is 44.3 Å². The smallest absolute Gasteiger partial charge is 0.328 e. The number of hydrazine groups is 1. The highest BCUT2D eigenvalue weighted by atomic mass is 16.6. The molecule has 2 aliphatic rings. The van der Waals surface area contributed by atoms with Crippen LogP contribution >= 0.6 is 0 Å². The lowest BCUT2D eigenvalue weighted by Crippen LogP contribution is -2.74. The first-order chi connectivity index (χ1) is 18.8. The number of aliphatic hydroxyl groups is 1. The monoisotopic (exact) mass is 542 g/mol. The summed E-state index contributed by atoms with van der Waals surface area (Å²) >= 11 is 0. The maximum atomic E-state index is 14.0. The summed E-state index contributed by atoms with van der Waals surface area (Å²) in [4.78, 5) is 50.8. The number of carbonyl (C=O) groups excluding carboxylic acids is 2. The number of nitro groups is 1. The minimum Gasteiger partial charge on any atom is -0.395 e. The number of aromatic nitrogens is 2. The van der Waals surface area contributed by atoms with E-state index in [4.69, 9.17) is 9.52 Å². The third-order valence-electron chi connectivity index (χ3n) is 7.16. The Morgan fingerprint density at radius 3 is 2.64 bits per heavy atom. The van der Waals surface area contributed by atoms with Gasteiger partial charge in [-0.25, -0.2) is 14.8 Å². The molecule has 2 atom stereocenters. The minimum atomic E-state index is -1.24. The molecular weight excluding hydrogens is 508 g/mol. The van der Waals surface area contributed by atoms with E-state index in [1.807, 2.05) is 25.8 Å². The lowest BCUT2D eigenvalue weighted by atomic mass is 9.91. The van der Waals surface area contributed by atoms with Gasteiger partial charge in [0.15, 0.2) is 18.0 Å². The molecule has 1 fully saturated rings. The third-order valence-corrected chi connectivity index (χ3v) is 7.16. The first-order valence-corrected chi connectivity index (χ1v) is 13.2. The average Bonchev–Trinajstić information content (AvgIpc) is 3.56. The summed E-state index contributed by atoms with van der Waals surface area (Å²) in [5.74, 6) is 0.410. The summed E-state index contributed by atoms with van der Waals surface area (Å²) in [7, 11) is 0. The Morgan fingerprint density at radius 2 is 2.03 bits per heavy atom. The lowest BCUT2D eigenvalue weighted by Gasteiger charge is -2.51. The quantitative estimate of drug-likeness (QED) is 0.292. The SMILES string of the molecule is CCCN1C(=O)C2N(N(CC)CCO)C(Cc3ncno3)=NC2(CC)N(CCc2cccc([N+](=O)[O-])c2)C1=O. The van der Waals surface area contributed by atoms with Crippen molar-refractivity contribution < 1.29 is 24.1 Å². The van der Waals surface area contributed by atoms with E-state index in [2.05, 4.69) is 10.1 Å². The van der Waals surface area contributed by atoms with Crippen LogP contribution in [-0.4, -0.2) is 102 Å². The van der Waals surface area contributed by atoms with Crippen LogP contribution in [-0.2, 0) is 17.6 Å². The van der Waals surface area contributed by atoms with E-state index in [9.17, 15) is 24.8 Å². The van der Waals surface area contributed by atoms with Crippen LogP contribution in [0.1, 0.15) is 45.1 Å².